The van der Waals surface area contributed by atoms with Gasteiger partial charge in [0, 0.05) is 18.8 Å². The fourth-order valence-electron chi connectivity index (χ4n) is 1.52. The maximum Gasteiger partial charge on any atom is 0.213 e. The first-order chi connectivity index (χ1) is 6.84. The molecule has 0 amide bonds. The fraction of sp³-hybridized carbons (Fsp3) is 0.500. The molecule has 1 aliphatic heterocycles. The highest BCUT2D eigenvalue weighted by atomic mass is 35.5. The van der Waals surface area contributed by atoms with Crippen molar-refractivity contribution in [3.8, 4) is 5.88 Å². The minimum Gasteiger partial charge on any atom is -0.473 e. The zero-order valence-corrected chi connectivity index (χ0v) is 8.63. The summed E-state index contributed by atoms with van der Waals surface area (Å²) in [4.78, 5) is 4.09. The molecule has 0 bridgehead atoms. The molecule has 0 unspecified atom stereocenters. The van der Waals surface area contributed by atoms with E-state index in [-0.39, 0.29) is 6.10 Å². The summed E-state index contributed by atoms with van der Waals surface area (Å²) in [7, 11) is 0. The molecule has 1 aromatic rings. The topological polar surface area (TPSA) is 34.1 Å². The van der Waals surface area contributed by atoms with Gasteiger partial charge in [-0.2, -0.15) is 0 Å². The third-order valence-electron chi connectivity index (χ3n) is 2.24. The standard InChI is InChI=1S/C10H13ClN2O/c11-8-3-4-10(13-6-8)14-9-2-1-5-12-7-9/h3-4,6,9,12H,1-2,5,7H2/t9-/m0/s1. The maximum atomic E-state index is 5.72. The summed E-state index contributed by atoms with van der Waals surface area (Å²) < 4.78 is 5.68. The monoisotopic (exact) mass is 212 g/mol. The van der Waals surface area contributed by atoms with Crippen LogP contribution in [0.2, 0.25) is 5.02 Å². The second kappa shape index (κ2) is 4.62. The van der Waals surface area contributed by atoms with Crippen LogP contribution in [0.15, 0.2) is 18.3 Å². The molecule has 76 valence electrons. The van der Waals surface area contributed by atoms with Crippen LogP contribution in [-0.4, -0.2) is 24.2 Å². The van der Waals surface area contributed by atoms with Crippen LogP contribution < -0.4 is 10.1 Å². The van der Waals surface area contributed by atoms with Gasteiger partial charge in [0.25, 0.3) is 0 Å². The highest BCUT2D eigenvalue weighted by Crippen LogP contribution is 2.15. The summed E-state index contributed by atoms with van der Waals surface area (Å²) in [5, 5.41) is 3.93. The van der Waals surface area contributed by atoms with Crippen LogP contribution in [0.3, 0.4) is 0 Å². The SMILES string of the molecule is Clc1ccc(O[C@H]2CCCNC2)nc1. The average molecular weight is 213 g/mol. The molecule has 1 atom stereocenters. The first kappa shape index (κ1) is 9.74. The van der Waals surface area contributed by atoms with Crippen LogP contribution >= 0.6 is 11.6 Å². The number of nitrogens with zero attached hydrogens (tertiary/aromatic N) is 1. The molecule has 0 radical (unpaired) electrons. The predicted molar refractivity (Wildman–Crippen MR) is 55.8 cm³/mol. The van der Waals surface area contributed by atoms with Gasteiger partial charge in [0.05, 0.1) is 5.02 Å². The molecule has 1 aliphatic rings. The van der Waals surface area contributed by atoms with Gasteiger partial charge >= 0.3 is 0 Å². The van der Waals surface area contributed by atoms with E-state index in [2.05, 4.69) is 10.3 Å². The summed E-state index contributed by atoms with van der Waals surface area (Å²) in [5.41, 5.74) is 0. The van der Waals surface area contributed by atoms with E-state index in [1.165, 1.54) is 0 Å². The minimum atomic E-state index is 0.248. The van der Waals surface area contributed by atoms with E-state index in [4.69, 9.17) is 16.3 Å². The van der Waals surface area contributed by atoms with Crippen molar-refractivity contribution in [2.45, 2.75) is 18.9 Å². The number of hydrogen-bond donors (Lipinski definition) is 1. The van der Waals surface area contributed by atoms with E-state index in [9.17, 15) is 0 Å². The molecule has 0 aromatic carbocycles. The normalized spacial score (nSPS) is 21.9. The molecule has 1 fully saturated rings. The highest BCUT2D eigenvalue weighted by Gasteiger charge is 2.14. The maximum absolute atomic E-state index is 5.72. The molecule has 2 heterocycles. The summed E-state index contributed by atoms with van der Waals surface area (Å²) in [6.07, 6.45) is 4.11. The Morgan fingerprint density at radius 3 is 3.07 bits per heavy atom. The van der Waals surface area contributed by atoms with Crippen molar-refractivity contribution in [3.63, 3.8) is 0 Å². The average Bonchev–Trinajstić information content (AvgIpc) is 2.23. The lowest BCUT2D eigenvalue weighted by atomic mass is 10.1. The molecule has 4 heteroatoms. The largest absolute Gasteiger partial charge is 0.473 e. The molecule has 0 aliphatic carbocycles. The van der Waals surface area contributed by atoms with Gasteiger partial charge < -0.3 is 10.1 Å². The lowest BCUT2D eigenvalue weighted by Gasteiger charge is -2.23. The zero-order chi connectivity index (χ0) is 9.80. The number of rotatable bonds is 2. The van der Waals surface area contributed by atoms with E-state index in [0.717, 1.165) is 25.9 Å². The molecule has 14 heavy (non-hydrogen) atoms. The third-order valence-corrected chi connectivity index (χ3v) is 2.46. The highest BCUT2D eigenvalue weighted by molar-refractivity contribution is 6.30. The van der Waals surface area contributed by atoms with Crippen LogP contribution in [0.1, 0.15) is 12.8 Å². The van der Waals surface area contributed by atoms with Crippen molar-refractivity contribution in [1.29, 1.82) is 0 Å². The second-order valence-electron chi connectivity index (χ2n) is 3.40. The van der Waals surface area contributed by atoms with Crippen LogP contribution in [0.5, 0.6) is 5.88 Å². The second-order valence-corrected chi connectivity index (χ2v) is 3.84. The van der Waals surface area contributed by atoms with Crippen molar-refractivity contribution in [2.24, 2.45) is 0 Å². The Morgan fingerprint density at radius 2 is 2.43 bits per heavy atom. The van der Waals surface area contributed by atoms with Gasteiger partial charge in [-0.3, -0.25) is 0 Å². The van der Waals surface area contributed by atoms with E-state index < -0.39 is 0 Å². The smallest absolute Gasteiger partial charge is 0.213 e. The summed E-state index contributed by atoms with van der Waals surface area (Å²) >= 11 is 5.72. The molecule has 2 rings (SSSR count). The van der Waals surface area contributed by atoms with Crippen molar-refractivity contribution in [1.82, 2.24) is 10.3 Å². The van der Waals surface area contributed by atoms with E-state index >= 15 is 0 Å². The van der Waals surface area contributed by atoms with Crippen molar-refractivity contribution in [3.05, 3.63) is 23.4 Å². The molecule has 1 saturated heterocycles. The van der Waals surface area contributed by atoms with Crippen molar-refractivity contribution < 1.29 is 4.74 Å². The van der Waals surface area contributed by atoms with Gasteiger partial charge in [0.2, 0.25) is 5.88 Å². The van der Waals surface area contributed by atoms with E-state index in [1.54, 1.807) is 18.3 Å². The first-order valence-corrected chi connectivity index (χ1v) is 5.21. The lowest BCUT2D eigenvalue weighted by Crippen LogP contribution is -2.37. The Balaban J connectivity index is 1.92. The molecule has 1 aromatic heterocycles. The fourth-order valence-corrected chi connectivity index (χ4v) is 1.63. The van der Waals surface area contributed by atoms with E-state index in [1.807, 2.05) is 0 Å². The summed E-state index contributed by atoms with van der Waals surface area (Å²) in [6, 6.07) is 3.59. The molecule has 0 spiro atoms. The van der Waals surface area contributed by atoms with Gasteiger partial charge in [0.15, 0.2) is 0 Å². The number of aromatic nitrogens is 1. The summed E-state index contributed by atoms with van der Waals surface area (Å²) in [6.45, 7) is 2.00. The van der Waals surface area contributed by atoms with Crippen LogP contribution in [0.25, 0.3) is 0 Å². The van der Waals surface area contributed by atoms with Crippen LogP contribution in [0, 0.1) is 0 Å². The van der Waals surface area contributed by atoms with Crippen molar-refractivity contribution >= 4 is 11.6 Å². The molecular weight excluding hydrogens is 200 g/mol. The molecular formula is C10H13ClN2O. The quantitative estimate of drug-likeness (QED) is 0.813. The number of nitrogens with one attached hydrogen (secondary N) is 1. The Labute approximate surface area is 88.4 Å². The Kier molecular flexibility index (Phi) is 3.22. The Bertz CT molecular complexity index is 283. The predicted octanol–water partition coefficient (Wildman–Crippen LogP) is 1.87. The van der Waals surface area contributed by atoms with Gasteiger partial charge in [-0.25, -0.2) is 4.98 Å². The third kappa shape index (κ3) is 2.59. The van der Waals surface area contributed by atoms with Gasteiger partial charge in [-0.15, -0.1) is 0 Å². The minimum absolute atomic E-state index is 0.248. The van der Waals surface area contributed by atoms with Crippen LogP contribution in [-0.2, 0) is 0 Å². The zero-order valence-electron chi connectivity index (χ0n) is 7.87. The molecule has 1 N–H and O–H groups in total. The number of ether oxygens (including phenoxy) is 1. The number of halogens is 1. The number of pyridine rings is 1. The molecule has 3 nitrogen and oxygen atoms in total. The van der Waals surface area contributed by atoms with Gasteiger partial charge in [-0.05, 0) is 25.5 Å². The van der Waals surface area contributed by atoms with Gasteiger partial charge in [-0.1, -0.05) is 11.6 Å². The summed E-state index contributed by atoms with van der Waals surface area (Å²) in [5.74, 6) is 0.656. The van der Waals surface area contributed by atoms with Crippen LogP contribution in [0.4, 0.5) is 0 Å². The Hall–Kier alpha value is -0.800. The van der Waals surface area contributed by atoms with Gasteiger partial charge in [0.1, 0.15) is 6.10 Å². The lowest BCUT2D eigenvalue weighted by molar-refractivity contribution is 0.160. The van der Waals surface area contributed by atoms with Crippen molar-refractivity contribution in [2.75, 3.05) is 13.1 Å². The van der Waals surface area contributed by atoms with E-state index in [0.29, 0.717) is 10.9 Å². The Morgan fingerprint density at radius 1 is 1.50 bits per heavy atom. The number of hydrogen-bond acceptors (Lipinski definition) is 3. The first-order valence-electron chi connectivity index (χ1n) is 4.83. The molecule has 0 saturated carbocycles. The number of piperidine rings is 1.